The average molecular weight is 392 g/mol. The fourth-order valence-electron chi connectivity index (χ4n) is 3.72. The first-order valence-electron chi connectivity index (χ1n) is 9.51. The van der Waals surface area contributed by atoms with Crippen molar-refractivity contribution in [2.75, 3.05) is 32.2 Å². The van der Waals surface area contributed by atoms with Crippen LogP contribution in [0.5, 0.6) is 11.5 Å². The molecule has 2 heterocycles. The number of methoxy groups -OCH3 is 2. The number of hydrogen-bond acceptors (Lipinski definition) is 4. The van der Waals surface area contributed by atoms with E-state index in [0.717, 1.165) is 28.1 Å². The normalized spacial score (nSPS) is 14.9. The number of anilines is 1. The predicted octanol–water partition coefficient (Wildman–Crippen LogP) is 4.10. The van der Waals surface area contributed by atoms with Crippen molar-refractivity contribution in [1.82, 2.24) is 15.1 Å². The summed E-state index contributed by atoms with van der Waals surface area (Å²) < 4.78 is 10.9. The van der Waals surface area contributed by atoms with Gasteiger partial charge in [-0.2, -0.15) is 5.10 Å². The zero-order valence-corrected chi connectivity index (χ0v) is 16.8. The minimum absolute atomic E-state index is 0.0153. The molecule has 3 aromatic rings. The van der Waals surface area contributed by atoms with Crippen LogP contribution < -0.4 is 14.4 Å². The number of ether oxygens (including phenoxy) is 2. The van der Waals surface area contributed by atoms with Gasteiger partial charge in [-0.15, -0.1) is 0 Å². The zero-order chi connectivity index (χ0) is 20.4. The van der Waals surface area contributed by atoms with Gasteiger partial charge in [0.2, 0.25) is 0 Å². The van der Waals surface area contributed by atoms with Crippen molar-refractivity contribution in [3.8, 4) is 22.6 Å². The summed E-state index contributed by atoms with van der Waals surface area (Å²) in [6, 6.07) is 13.6. The number of carbonyl (C=O) groups is 1. The molecular weight excluding hydrogens is 368 g/mol. The maximum Gasteiger partial charge on any atom is 0.325 e. The Labute approximate surface area is 169 Å². The van der Waals surface area contributed by atoms with Crippen LogP contribution in [0, 0.1) is 0 Å². The third-order valence-electron chi connectivity index (χ3n) is 5.39. The summed E-state index contributed by atoms with van der Waals surface area (Å²) in [6.45, 7) is 3.32. The average Bonchev–Trinajstić information content (AvgIpc) is 3.43. The Morgan fingerprint density at radius 3 is 2.69 bits per heavy atom. The fraction of sp³-hybridized carbons (Fsp3) is 0.273. The molecule has 7 heteroatoms. The van der Waals surface area contributed by atoms with E-state index in [9.17, 15) is 4.79 Å². The first kappa shape index (κ1) is 18.9. The van der Waals surface area contributed by atoms with E-state index in [1.807, 2.05) is 60.5 Å². The molecule has 0 radical (unpaired) electrons. The summed E-state index contributed by atoms with van der Waals surface area (Å²) in [5, 5.41) is 6.81. The van der Waals surface area contributed by atoms with Crippen LogP contribution in [-0.2, 0) is 0 Å². The first-order valence-corrected chi connectivity index (χ1v) is 9.51. The van der Waals surface area contributed by atoms with Gasteiger partial charge in [-0.25, -0.2) is 4.79 Å². The van der Waals surface area contributed by atoms with E-state index in [-0.39, 0.29) is 12.1 Å². The maximum absolute atomic E-state index is 13.2. The first-order chi connectivity index (χ1) is 14.1. The van der Waals surface area contributed by atoms with E-state index in [1.165, 1.54) is 0 Å². The van der Waals surface area contributed by atoms with Crippen LogP contribution in [0.15, 0.2) is 54.9 Å². The van der Waals surface area contributed by atoms with E-state index in [0.29, 0.717) is 18.8 Å². The van der Waals surface area contributed by atoms with Crippen LogP contribution in [-0.4, -0.2) is 48.4 Å². The second kappa shape index (κ2) is 7.87. The molecule has 0 bridgehead atoms. The second-order valence-electron chi connectivity index (χ2n) is 6.95. The molecule has 2 amide bonds. The molecule has 150 valence electrons. The van der Waals surface area contributed by atoms with E-state index in [2.05, 4.69) is 10.2 Å². The maximum atomic E-state index is 13.2. The molecule has 0 spiro atoms. The van der Waals surface area contributed by atoms with Crippen LogP contribution in [0.1, 0.15) is 18.5 Å². The molecule has 0 aliphatic carbocycles. The van der Waals surface area contributed by atoms with E-state index < -0.39 is 0 Å². The molecule has 4 rings (SSSR count). The molecule has 2 aromatic carbocycles. The van der Waals surface area contributed by atoms with Gasteiger partial charge in [-0.3, -0.25) is 10.00 Å². The summed E-state index contributed by atoms with van der Waals surface area (Å²) in [5.74, 6) is 1.49. The quantitative estimate of drug-likeness (QED) is 0.686. The van der Waals surface area contributed by atoms with E-state index in [4.69, 9.17) is 9.47 Å². The molecule has 1 saturated heterocycles. The number of nitrogens with one attached hydrogen (secondary N) is 1. The van der Waals surface area contributed by atoms with Crippen molar-refractivity contribution >= 4 is 11.7 Å². The van der Waals surface area contributed by atoms with Crippen molar-refractivity contribution in [2.24, 2.45) is 0 Å². The summed E-state index contributed by atoms with van der Waals surface area (Å²) in [7, 11) is 3.28. The number of benzene rings is 2. The van der Waals surface area contributed by atoms with Gasteiger partial charge in [0.1, 0.15) is 11.5 Å². The Bertz CT molecular complexity index is 1000. The highest BCUT2D eigenvalue weighted by Gasteiger charge is 2.33. The molecular formula is C22H24N4O3. The van der Waals surface area contributed by atoms with E-state index in [1.54, 1.807) is 25.3 Å². The van der Waals surface area contributed by atoms with Crippen molar-refractivity contribution in [3.63, 3.8) is 0 Å². The molecule has 7 nitrogen and oxygen atoms in total. The summed E-state index contributed by atoms with van der Waals surface area (Å²) >= 11 is 0. The Morgan fingerprint density at radius 1 is 1.10 bits per heavy atom. The lowest BCUT2D eigenvalue weighted by molar-refractivity contribution is 0.205. The summed E-state index contributed by atoms with van der Waals surface area (Å²) in [5.41, 5.74) is 3.74. The van der Waals surface area contributed by atoms with Crippen LogP contribution in [0.4, 0.5) is 10.5 Å². The number of amides is 2. The smallest absolute Gasteiger partial charge is 0.325 e. The van der Waals surface area contributed by atoms with Gasteiger partial charge in [-0.05, 0) is 36.8 Å². The van der Waals surface area contributed by atoms with Gasteiger partial charge in [0.15, 0.2) is 0 Å². The van der Waals surface area contributed by atoms with Gasteiger partial charge in [-0.1, -0.05) is 12.1 Å². The summed E-state index contributed by atoms with van der Waals surface area (Å²) in [6.07, 6.45) is 3.56. The number of H-pyrrole nitrogens is 1. The molecule has 1 atom stereocenters. The Kier molecular flexibility index (Phi) is 5.12. The minimum Gasteiger partial charge on any atom is -0.497 e. The number of hydrogen-bond donors (Lipinski definition) is 1. The lowest BCUT2D eigenvalue weighted by Crippen LogP contribution is -2.33. The number of rotatable bonds is 6. The molecule has 0 saturated carbocycles. The monoisotopic (exact) mass is 392 g/mol. The van der Waals surface area contributed by atoms with Gasteiger partial charge in [0.25, 0.3) is 0 Å². The second-order valence-corrected chi connectivity index (χ2v) is 6.95. The van der Waals surface area contributed by atoms with Crippen LogP contribution in [0.25, 0.3) is 11.1 Å². The number of aromatic amines is 1. The number of urea groups is 1. The summed E-state index contributed by atoms with van der Waals surface area (Å²) in [4.78, 5) is 16.8. The Morgan fingerprint density at radius 2 is 1.97 bits per heavy atom. The molecule has 1 fully saturated rings. The Hall–Kier alpha value is -3.48. The van der Waals surface area contributed by atoms with Crippen LogP contribution in [0.2, 0.25) is 0 Å². The molecule has 0 unspecified atom stereocenters. The van der Waals surface area contributed by atoms with Gasteiger partial charge in [0.05, 0.1) is 26.5 Å². The van der Waals surface area contributed by atoms with E-state index >= 15 is 0 Å². The van der Waals surface area contributed by atoms with Crippen molar-refractivity contribution < 1.29 is 14.3 Å². The van der Waals surface area contributed by atoms with Crippen molar-refractivity contribution in [1.29, 1.82) is 0 Å². The third kappa shape index (κ3) is 3.51. The van der Waals surface area contributed by atoms with Gasteiger partial charge < -0.3 is 14.4 Å². The molecule has 1 N–H and O–H groups in total. The largest absolute Gasteiger partial charge is 0.497 e. The zero-order valence-electron chi connectivity index (χ0n) is 16.8. The SMILES string of the molecule is COc1cccc([C@@H](C)N2CCN(c3ccc(-c4cn[nH]c4)c(OC)c3)C2=O)c1. The lowest BCUT2D eigenvalue weighted by Gasteiger charge is -2.25. The fourth-order valence-corrected chi connectivity index (χ4v) is 3.72. The van der Waals surface area contributed by atoms with Crippen LogP contribution >= 0.6 is 0 Å². The topological polar surface area (TPSA) is 70.7 Å². The van der Waals surface area contributed by atoms with Crippen molar-refractivity contribution in [2.45, 2.75) is 13.0 Å². The highest BCUT2D eigenvalue weighted by Crippen LogP contribution is 2.35. The third-order valence-corrected chi connectivity index (χ3v) is 5.39. The highest BCUT2D eigenvalue weighted by molar-refractivity contribution is 5.95. The Balaban J connectivity index is 1.57. The minimum atomic E-state index is -0.0466. The lowest BCUT2D eigenvalue weighted by atomic mass is 10.1. The van der Waals surface area contributed by atoms with Crippen molar-refractivity contribution in [3.05, 3.63) is 60.4 Å². The molecule has 29 heavy (non-hydrogen) atoms. The predicted molar refractivity (Wildman–Crippen MR) is 111 cm³/mol. The standard InChI is InChI=1S/C22H24N4O3/c1-15(16-5-4-6-19(11-16)28-2)25-9-10-26(22(25)27)18-7-8-20(21(12-18)29-3)17-13-23-24-14-17/h4-8,11-15H,9-10H2,1-3H3,(H,23,24)/t15-/m1/s1. The van der Waals surface area contributed by atoms with Gasteiger partial charge >= 0.3 is 6.03 Å². The number of aromatic nitrogens is 2. The highest BCUT2D eigenvalue weighted by atomic mass is 16.5. The van der Waals surface area contributed by atoms with Crippen LogP contribution in [0.3, 0.4) is 0 Å². The molecule has 1 aliphatic heterocycles. The number of nitrogens with zero attached hydrogens (tertiary/aromatic N) is 3. The molecule has 1 aromatic heterocycles. The van der Waals surface area contributed by atoms with Gasteiger partial charge in [0, 0.05) is 42.2 Å². The number of carbonyl (C=O) groups excluding carboxylic acids is 1. The molecule has 1 aliphatic rings.